The maximum atomic E-state index is 12.8. The number of pyridine rings is 1. The highest BCUT2D eigenvalue weighted by Gasteiger charge is 2.42. The maximum absolute atomic E-state index is 12.8. The summed E-state index contributed by atoms with van der Waals surface area (Å²) in [6.45, 7) is 26.9. The minimum absolute atomic E-state index is 0.0487. The lowest BCUT2D eigenvalue weighted by Crippen LogP contribution is -2.43. The van der Waals surface area contributed by atoms with Crippen LogP contribution < -0.4 is 27.0 Å². The smallest absolute Gasteiger partial charge is 0.248 e. The number of aliphatic imine (C=N–C) groups is 1. The van der Waals surface area contributed by atoms with Crippen LogP contribution in [0.4, 0.5) is 5.95 Å². The number of nitrogens with one attached hydrogen (secondary N) is 4. The van der Waals surface area contributed by atoms with Crippen LogP contribution in [0.3, 0.4) is 0 Å². The van der Waals surface area contributed by atoms with Crippen LogP contribution in [0.15, 0.2) is 96.3 Å². The number of aromatic nitrogens is 5. The first-order chi connectivity index (χ1) is 32.3. The molecule has 18 heteroatoms. The molecule has 1 unspecified atom stereocenters. The number of carbonyl (C=O) groups is 4. The van der Waals surface area contributed by atoms with Crippen molar-refractivity contribution in [2.45, 2.75) is 91.0 Å². The van der Waals surface area contributed by atoms with E-state index in [2.05, 4.69) is 88.4 Å². The summed E-state index contributed by atoms with van der Waals surface area (Å²) >= 11 is 4.53. The molecule has 360 valence electrons. The molecule has 1 aromatic carbocycles. The molecule has 4 amide bonds. The number of primary amides is 1. The number of ether oxygens (including phenoxy) is 1. The standard InChI is InChI=1S/C50H64N12O5S/c1-11-40-38(20-29(2)56-40)33(6)57-49-59-41-23-36(46(51)65)22-35(45(41)61(49)18-14-13-17-60-34(7)58-42-24-37(32(5)52-10)26-55-47(42)60)16-12-15-19-67-31(4)25-53-43(63)27-54-44(64)28-62-30(3)21-39(48(62)66)50(8,9)68/h13-14,22-24,26,39,52,68H,3-6,11-12,15-21,25,27-28H2,1-2,7-10H3,(H2,51,65)(H,53,63)(H,54,64)(H,57,59)/b14-13+. The molecule has 68 heavy (non-hydrogen) atoms. The van der Waals surface area contributed by atoms with Gasteiger partial charge in [-0.2, -0.15) is 12.6 Å². The summed E-state index contributed by atoms with van der Waals surface area (Å²) < 4.78 is 9.43. The van der Waals surface area contributed by atoms with E-state index in [4.69, 9.17) is 30.4 Å². The molecule has 0 aliphatic carbocycles. The number of hydrogen-bond acceptors (Lipinski definition) is 12. The fourth-order valence-electron chi connectivity index (χ4n) is 8.29. The zero-order valence-corrected chi connectivity index (χ0v) is 40.9. The quantitative estimate of drug-likeness (QED) is 0.0201. The van der Waals surface area contributed by atoms with E-state index >= 15 is 0 Å². The van der Waals surface area contributed by atoms with E-state index in [1.54, 1.807) is 12.3 Å². The molecule has 1 atom stereocenters. The first kappa shape index (κ1) is 50.5. The van der Waals surface area contributed by atoms with Crippen molar-refractivity contribution in [3.05, 3.63) is 114 Å². The number of unbranched alkanes of at least 4 members (excludes halogenated alkanes) is 1. The Kier molecular flexibility index (Phi) is 16.2. The van der Waals surface area contributed by atoms with E-state index in [9.17, 15) is 19.2 Å². The van der Waals surface area contributed by atoms with Gasteiger partial charge in [-0.15, -0.1) is 0 Å². The monoisotopic (exact) mass is 944 g/mol. The zero-order chi connectivity index (χ0) is 49.4. The van der Waals surface area contributed by atoms with Gasteiger partial charge in [0.15, 0.2) is 5.65 Å². The summed E-state index contributed by atoms with van der Waals surface area (Å²) in [5.41, 5.74) is 16.1. The minimum atomic E-state index is -0.559. The van der Waals surface area contributed by atoms with Crippen molar-refractivity contribution < 1.29 is 23.9 Å². The third kappa shape index (κ3) is 11.9. The first-order valence-electron chi connectivity index (χ1n) is 22.7. The van der Waals surface area contributed by atoms with Crippen LogP contribution in [0, 0.1) is 12.8 Å². The lowest BCUT2D eigenvalue weighted by molar-refractivity contribution is -0.135. The molecule has 1 fully saturated rings. The Bertz CT molecular complexity index is 2790. The highest BCUT2D eigenvalue weighted by Crippen LogP contribution is 2.37. The van der Waals surface area contributed by atoms with Crippen molar-refractivity contribution in [2.75, 3.05) is 38.6 Å². The molecule has 3 aromatic heterocycles. The lowest BCUT2D eigenvalue weighted by atomic mass is 9.93. The van der Waals surface area contributed by atoms with Gasteiger partial charge in [0, 0.05) is 89.1 Å². The number of nitrogens with zero attached hydrogens (tertiary/aromatic N) is 7. The molecule has 5 heterocycles. The summed E-state index contributed by atoms with van der Waals surface area (Å²) in [6.07, 6.45) is 9.72. The molecule has 0 saturated carbocycles. The Morgan fingerprint density at radius 3 is 2.35 bits per heavy atom. The van der Waals surface area contributed by atoms with Gasteiger partial charge in [0.1, 0.15) is 23.6 Å². The first-order valence-corrected chi connectivity index (χ1v) is 23.2. The van der Waals surface area contributed by atoms with E-state index in [0.717, 1.165) is 62.7 Å². The van der Waals surface area contributed by atoms with Crippen molar-refractivity contribution in [3.8, 4) is 0 Å². The third-order valence-corrected chi connectivity index (χ3v) is 12.4. The number of fused-ring (bicyclic) bond motifs is 2. The Balaban J connectivity index is 1.09. The summed E-state index contributed by atoms with van der Waals surface area (Å²) in [5.74, 6) is -0.313. The molecule has 0 radical (unpaired) electrons. The third-order valence-electron chi connectivity index (χ3n) is 12.1. The number of rotatable bonds is 24. The predicted octanol–water partition coefficient (Wildman–Crippen LogP) is 6.25. The number of carbonyl (C=O) groups excluding carboxylic acids is 4. The Labute approximate surface area is 403 Å². The van der Waals surface area contributed by atoms with Crippen molar-refractivity contribution in [3.63, 3.8) is 0 Å². The normalized spacial score (nSPS) is 15.1. The second kappa shape index (κ2) is 21.8. The average molecular weight is 945 g/mol. The van der Waals surface area contributed by atoms with Crippen LogP contribution in [0.1, 0.15) is 87.1 Å². The van der Waals surface area contributed by atoms with Gasteiger partial charge >= 0.3 is 0 Å². The number of nitrogens with two attached hydrogens (primary N) is 1. The van der Waals surface area contributed by atoms with Crippen molar-refractivity contribution >= 4 is 75.8 Å². The number of anilines is 1. The Morgan fingerprint density at radius 1 is 0.971 bits per heavy atom. The largest absolute Gasteiger partial charge is 0.497 e. The molecule has 0 spiro atoms. The second-order valence-corrected chi connectivity index (χ2v) is 18.8. The van der Waals surface area contributed by atoms with Crippen LogP contribution >= 0.6 is 12.6 Å². The molecule has 4 aromatic rings. The van der Waals surface area contributed by atoms with Crippen molar-refractivity contribution in [1.82, 2.24) is 44.9 Å². The van der Waals surface area contributed by atoms with Gasteiger partial charge in [0.05, 0.1) is 36.6 Å². The number of likely N-dealkylation sites (tertiary alicyclic amines) is 1. The SMILES string of the molecule is C=C(CNC(=O)CNC(=O)CN1C(=C)CC(C(C)(C)S)C1=O)OCCCCc1cc(C(N)=O)cc2nc(NC(=C)C3=C(CC)N=C(C)C3)n(C/C=C/Cn3c(C)nc4cc(C(=C)NC)cnc43)c12. The fraction of sp³-hybridized carbons (Fsp3) is 0.400. The van der Waals surface area contributed by atoms with Gasteiger partial charge in [-0.3, -0.25) is 24.2 Å². The van der Waals surface area contributed by atoms with Crippen LogP contribution in [0.2, 0.25) is 0 Å². The van der Waals surface area contributed by atoms with Gasteiger partial charge in [0.25, 0.3) is 0 Å². The number of aryl methyl sites for hydroxylation is 2. The van der Waals surface area contributed by atoms with E-state index in [1.165, 1.54) is 4.90 Å². The maximum Gasteiger partial charge on any atom is 0.248 e. The number of allylic oxidation sites excluding steroid dienone is 5. The van der Waals surface area contributed by atoms with Gasteiger partial charge < -0.3 is 45.8 Å². The topological polar surface area (TPSA) is 216 Å². The predicted molar refractivity (Wildman–Crippen MR) is 272 cm³/mol. The van der Waals surface area contributed by atoms with Crippen LogP contribution in [-0.4, -0.2) is 96.4 Å². The second-order valence-electron chi connectivity index (χ2n) is 17.7. The van der Waals surface area contributed by atoms with Gasteiger partial charge in [-0.1, -0.05) is 59.2 Å². The van der Waals surface area contributed by atoms with E-state index < -0.39 is 22.5 Å². The number of hydrogen-bond donors (Lipinski definition) is 6. The van der Waals surface area contributed by atoms with E-state index in [0.29, 0.717) is 86.0 Å². The number of amides is 4. The van der Waals surface area contributed by atoms with Crippen molar-refractivity contribution in [1.29, 1.82) is 0 Å². The highest BCUT2D eigenvalue weighted by molar-refractivity contribution is 7.81. The lowest BCUT2D eigenvalue weighted by Gasteiger charge is -2.24. The molecule has 1 saturated heterocycles. The van der Waals surface area contributed by atoms with Crippen LogP contribution in [0.5, 0.6) is 0 Å². The Hall–Kier alpha value is -6.95. The zero-order valence-electron chi connectivity index (χ0n) is 40.1. The molecular weight excluding hydrogens is 881 g/mol. The number of benzene rings is 1. The summed E-state index contributed by atoms with van der Waals surface area (Å²) in [5, 5.41) is 11.8. The highest BCUT2D eigenvalue weighted by atomic mass is 32.1. The van der Waals surface area contributed by atoms with Crippen LogP contribution in [0.25, 0.3) is 27.9 Å². The van der Waals surface area contributed by atoms with E-state index in [1.807, 2.05) is 46.9 Å². The fourth-order valence-corrected chi connectivity index (χ4v) is 8.50. The van der Waals surface area contributed by atoms with Crippen LogP contribution in [-0.2, 0) is 38.6 Å². The Morgan fingerprint density at radius 2 is 1.68 bits per heavy atom. The minimum Gasteiger partial charge on any atom is -0.497 e. The van der Waals surface area contributed by atoms with Gasteiger partial charge in [-0.25, -0.2) is 15.0 Å². The van der Waals surface area contributed by atoms with Gasteiger partial charge in [0.2, 0.25) is 29.6 Å². The summed E-state index contributed by atoms with van der Waals surface area (Å²) in [6, 6.07) is 5.52. The van der Waals surface area contributed by atoms with Crippen molar-refractivity contribution in [2.24, 2.45) is 16.6 Å². The molecule has 2 aliphatic rings. The molecule has 6 rings (SSSR count). The number of imidazole rings is 2. The van der Waals surface area contributed by atoms with E-state index in [-0.39, 0.29) is 31.5 Å². The molecule has 0 bridgehead atoms. The van der Waals surface area contributed by atoms with Gasteiger partial charge in [-0.05, 0) is 63.3 Å². The molecular formula is C50H64N12O5S. The molecule has 6 N–H and O–H groups in total. The molecule has 17 nitrogen and oxygen atoms in total. The summed E-state index contributed by atoms with van der Waals surface area (Å²) in [7, 11) is 1.82. The molecule has 2 aliphatic heterocycles. The average Bonchev–Trinajstić information content (AvgIpc) is 4.03. The summed E-state index contributed by atoms with van der Waals surface area (Å²) in [4.78, 5) is 71.2. The number of thiol groups is 1.